The Morgan fingerprint density at radius 2 is 2.00 bits per heavy atom. The zero-order chi connectivity index (χ0) is 25.7. The number of fused-ring (bicyclic) bond motifs is 1. The maximum absolute atomic E-state index is 14.6. The van der Waals surface area contributed by atoms with Crippen LogP contribution in [-0.4, -0.2) is 34.6 Å². The van der Waals surface area contributed by atoms with Crippen LogP contribution in [0.15, 0.2) is 42.5 Å². The molecule has 166 valence electrons. The average Bonchev–Trinajstić information content (AvgIpc) is 3.12. The summed E-state index contributed by atoms with van der Waals surface area (Å²) in [7, 11) is 0. The molecule has 1 saturated heterocycles. The van der Waals surface area contributed by atoms with E-state index in [1.165, 1.54) is 30.3 Å². The Labute approximate surface area is 191 Å². The van der Waals surface area contributed by atoms with Gasteiger partial charge < -0.3 is 10.2 Å². The summed E-state index contributed by atoms with van der Waals surface area (Å²) < 4.78 is 52.7. The van der Waals surface area contributed by atoms with Gasteiger partial charge in [-0.25, -0.2) is 0 Å². The summed E-state index contributed by atoms with van der Waals surface area (Å²) in [5, 5.41) is 0.496. The lowest BCUT2D eigenvalue weighted by molar-refractivity contribution is -0.147. The maximum atomic E-state index is 14.6. The predicted octanol–water partition coefficient (Wildman–Crippen LogP) is 2.51. The number of nitrogens with zero attached hydrogens (tertiary/aromatic N) is 1. The molecule has 2 aromatic rings. The highest BCUT2D eigenvalue weighted by Gasteiger charge is 2.41. The summed E-state index contributed by atoms with van der Waals surface area (Å²) in [6.45, 7) is -0.607. The van der Waals surface area contributed by atoms with Crippen molar-refractivity contribution in [1.29, 1.82) is 0 Å². The number of benzene rings is 2. The minimum absolute atomic E-state index is 0.108. The minimum atomic E-state index is -3.96. The average molecular weight is 465 g/mol. The molecule has 1 fully saturated rings. The molecule has 2 unspecified atom stereocenters. The van der Waals surface area contributed by atoms with Crippen molar-refractivity contribution >= 4 is 35.2 Å². The molecular formula is C22H18ClF2N3O4. The third-order valence-corrected chi connectivity index (χ3v) is 5.47. The number of hydrogen-bond donors (Lipinski definition) is 2. The largest absolute Gasteiger partial charge is 0.349 e. The molecular weight excluding hydrogens is 444 g/mol. The first-order valence-electron chi connectivity index (χ1n) is 11.0. The molecule has 2 atom stereocenters. The van der Waals surface area contributed by atoms with Gasteiger partial charge in [0.25, 0.3) is 11.8 Å². The molecule has 2 aliphatic rings. The van der Waals surface area contributed by atoms with E-state index in [0.717, 1.165) is 17.0 Å². The number of imide groups is 1. The second-order valence-corrected chi connectivity index (χ2v) is 7.79. The Bertz CT molecular complexity index is 1230. The van der Waals surface area contributed by atoms with Crippen molar-refractivity contribution in [2.75, 3.05) is 0 Å². The molecule has 10 heteroatoms. The molecule has 0 radical (unpaired) electrons. The van der Waals surface area contributed by atoms with Crippen LogP contribution in [0.4, 0.5) is 8.78 Å². The van der Waals surface area contributed by atoms with Gasteiger partial charge in [0.2, 0.25) is 11.8 Å². The molecule has 2 aliphatic heterocycles. The summed E-state index contributed by atoms with van der Waals surface area (Å²) in [6.07, 6.45) is -1.62. The van der Waals surface area contributed by atoms with E-state index in [0.29, 0.717) is 11.1 Å². The summed E-state index contributed by atoms with van der Waals surface area (Å²) in [4.78, 5) is 50.3. The summed E-state index contributed by atoms with van der Waals surface area (Å²) in [5.41, 5.74) is 0.300. The molecule has 4 amide bonds. The van der Waals surface area contributed by atoms with Gasteiger partial charge in [-0.1, -0.05) is 35.9 Å². The fourth-order valence-electron chi connectivity index (χ4n) is 3.57. The molecule has 7 nitrogen and oxygen atoms in total. The molecule has 2 aromatic carbocycles. The second kappa shape index (κ2) is 8.31. The van der Waals surface area contributed by atoms with E-state index in [9.17, 15) is 28.0 Å². The molecule has 0 bridgehead atoms. The van der Waals surface area contributed by atoms with Crippen molar-refractivity contribution < 1.29 is 32.2 Å². The standard InChI is InChI=1S/C22H18ClF2N3O4/c23-15-4-2-14(3-5-15)22(24,25)21(32)26-10-12-1-6-16-13(9-12)11-28(20(16)31)17-7-8-18(29)27-19(17)30/h1-6,9,17H,7-8,10-11H2,(H,26,32)(H,27,29,30)/i7D/hD2. The van der Waals surface area contributed by atoms with Crippen molar-refractivity contribution in [2.24, 2.45) is 0 Å². The van der Waals surface area contributed by atoms with Gasteiger partial charge in [-0.2, -0.15) is 8.78 Å². The zero-order valence-corrected chi connectivity index (χ0v) is 17.2. The predicted molar refractivity (Wildman–Crippen MR) is 110 cm³/mol. The number of piperidine rings is 1. The molecule has 32 heavy (non-hydrogen) atoms. The van der Waals surface area contributed by atoms with Crippen LogP contribution in [0.1, 0.15) is 41.2 Å². The van der Waals surface area contributed by atoms with Crippen LogP contribution in [0.5, 0.6) is 0 Å². The lowest BCUT2D eigenvalue weighted by Gasteiger charge is -2.29. The lowest BCUT2D eigenvalue weighted by atomic mass is 10.0. The molecule has 0 spiro atoms. The number of alkyl halides is 2. The fourth-order valence-corrected chi connectivity index (χ4v) is 3.70. The zero-order valence-electron chi connectivity index (χ0n) is 19.4. The highest BCUT2D eigenvalue weighted by atomic mass is 35.5. The molecule has 0 saturated carbocycles. The number of halogens is 3. The first kappa shape index (κ1) is 18.3. The van der Waals surface area contributed by atoms with Crippen LogP contribution < -0.4 is 10.6 Å². The number of carbonyl (C=O) groups is 4. The third kappa shape index (κ3) is 4.08. The van der Waals surface area contributed by atoms with Crippen LogP contribution in [0.3, 0.4) is 0 Å². The van der Waals surface area contributed by atoms with Crippen molar-refractivity contribution in [2.45, 2.75) is 37.9 Å². The van der Waals surface area contributed by atoms with Gasteiger partial charge in [-0.3, -0.25) is 24.5 Å². The molecule has 2 N–H and O–H groups in total. The van der Waals surface area contributed by atoms with E-state index >= 15 is 0 Å². The Kier molecular flexibility index (Phi) is 4.74. The Hall–Kier alpha value is -3.33. The van der Waals surface area contributed by atoms with Crippen molar-refractivity contribution in [3.8, 4) is 0 Å². The Morgan fingerprint density at radius 3 is 2.72 bits per heavy atom. The van der Waals surface area contributed by atoms with E-state index < -0.39 is 54.1 Å². The van der Waals surface area contributed by atoms with Gasteiger partial charge in [0, 0.05) is 37.0 Å². The SMILES string of the molecule is [2H]C1CC(=O)N([2H])C(=O)C1N1Cc2cc(CN([2H])C(=O)C(F)(F)c3ccc(Cl)cc3)ccc2C1=O. The molecule has 0 aliphatic carbocycles. The molecule has 2 heterocycles. The van der Waals surface area contributed by atoms with E-state index in [4.69, 9.17) is 15.8 Å². The topological polar surface area (TPSA) is 95.6 Å². The van der Waals surface area contributed by atoms with E-state index in [1.54, 1.807) is 0 Å². The van der Waals surface area contributed by atoms with Gasteiger partial charge in [0.05, 0.1) is 0 Å². The monoisotopic (exact) mass is 464 g/mol. The van der Waals surface area contributed by atoms with Gasteiger partial charge >= 0.3 is 5.92 Å². The van der Waals surface area contributed by atoms with Crippen LogP contribution >= 0.6 is 11.6 Å². The molecule has 0 aromatic heterocycles. The maximum Gasteiger partial charge on any atom is 0.349 e. The van der Waals surface area contributed by atoms with Gasteiger partial charge in [0.15, 0.2) is 2.82 Å². The number of hydrogen-bond acceptors (Lipinski definition) is 4. The first-order chi connectivity index (χ1) is 16.4. The highest BCUT2D eigenvalue weighted by Crippen LogP contribution is 2.30. The van der Waals surface area contributed by atoms with E-state index in [1.807, 2.05) is 0 Å². The normalized spacial score (nSPS) is 22.3. The van der Waals surface area contributed by atoms with Crippen LogP contribution in [0.2, 0.25) is 7.85 Å². The van der Waals surface area contributed by atoms with Gasteiger partial charge in [0.1, 0.15) is 6.04 Å². The summed E-state index contributed by atoms with van der Waals surface area (Å²) >= 11 is 5.70. The highest BCUT2D eigenvalue weighted by molar-refractivity contribution is 6.30. The Morgan fingerprint density at radius 1 is 1.28 bits per heavy atom. The number of nitrogens with one attached hydrogen (secondary N) is 2. The quantitative estimate of drug-likeness (QED) is 0.665. The summed E-state index contributed by atoms with van der Waals surface area (Å²) in [6, 6.07) is 7.35. The Balaban J connectivity index is 1.50. The third-order valence-electron chi connectivity index (χ3n) is 5.22. The van der Waals surface area contributed by atoms with Crippen LogP contribution in [0, 0.1) is 0 Å². The minimum Gasteiger partial charge on any atom is -0.346 e. The lowest BCUT2D eigenvalue weighted by Crippen LogP contribution is -2.52. The van der Waals surface area contributed by atoms with Crippen molar-refractivity contribution in [3.63, 3.8) is 0 Å². The summed E-state index contributed by atoms with van der Waals surface area (Å²) in [5.74, 6) is -8.08. The van der Waals surface area contributed by atoms with Crippen LogP contribution in [0.25, 0.3) is 0 Å². The van der Waals surface area contributed by atoms with Crippen molar-refractivity contribution in [3.05, 3.63) is 69.7 Å². The second-order valence-electron chi connectivity index (χ2n) is 7.36. The number of amides is 4. The number of carbonyl (C=O) groups excluding carboxylic acids is 4. The first-order valence-corrected chi connectivity index (χ1v) is 9.95. The molecule has 4 rings (SSSR count). The smallest absolute Gasteiger partial charge is 0.346 e. The van der Waals surface area contributed by atoms with Crippen molar-refractivity contribution in [1.82, 2.24) is 15.5 Å². The van der Waals surface area contributed by atoms with E-state index in [2.05, 4.69) is 0 Å². The van der Waals surface area contributed by atoms with Crippen LogP contribution in [-0.2, 0) is 33.4 Å². The van der Waals surface area contributed by atoms with Gasteiger partial charge in [-0.05, 0) is 35.7 Å². The van der Waals surface area contributed by atoms with E-state index in [-0.39, 0.29) is 34.2 Å². The fraction of sp³-hybridized carbons (Fsp3) is 0.273. The van der Waals surface area contributed by atoms with Gasteiger partial charge in [-0.15, -0.1) is 0 Å². The number of rotatable bonds is 5.